The van der Waals surface area contributed by atoms with Gasteiger partial charge in [-0.05, 0) is 36.6 Å². The lowest BCUT2D eigenvalue weighted by atomic mass is 10.1. The fourth-order valence-corrected chi connectivity index (χ4v) is 2.46. The first-order valence-electron chi connectivity index (χ1n) is 8.27. The van der Waals surface area contributed by atoms with Crippen LogP contribution in [0.5, 0.6) is 0 Å². The lowest BCUT2D eigenvalue weighted by molar-refractivity contribution is -0.131. The highest BCUT2D eigenvalue weighted by atomic mass is 16.2. The molecule has 4 heteroatoms. The van der Waals surface area contributed by atoms with Crippen LogP contribution < -0.4 is 5.32 Å². The smallest absolute Gasteiger partial charge is 0.244 e. The van der Waals surface area contributed by atoms with E-state index in [0.29, 0.717) is 6.54 Å². The highest BCUT2D eigenvalue weighted by Gasteiger charge is 2.11. The van der Waals surface area contributed by atoms with Crippen LogP contribution in [0.2, 0.25) is 0 Å². The van der Waals surface area contributed by atoms with E-state index in [4.69, 9.17) is 0 Å². The first kappa shape index (κ1) is 18.5. The zero-order valence-corrected chi connectivity index (χ0v) is 15.0. The number of rotatable bonds is 6. The van der Waals surface area contributed by atoms with Gasteiger partial charge in [-0.2, -0.15) is 0 Å². The van der Waals surface area contributed by atoms with Crippen molar-refractivity contribution in [3.63, 3.8) is 0 Å². The number of benzene rings is 2. The fraction of sp³-hybridized carbons (Fsp3) is 0.238. The molecule has 0 unspecified atom stereocenters. The third kappa shape index (κ3) is 5.92. The molecule has 1 N–H and O–H groups in total. The average molecular weight is 336 g/mol. The molecule has 0 fully saturated rings. The maximum absolute atomic E-state index is 12.2. The van der Waals surface area contributed by atoms with Crippen LogP contribution in [-0.2, 0) is 16.1 Å². The molecule has 2 amide bonds. The van der Waals surface area contributed by atoms with Crippen molar-refractivity contribution in [2.75, 3.05) is 13.6 Å². The molecular formula is C21H24N2O2. The predicted octanol–water partition coefficient (Wildman–Crippen LogP) is 3.09. The molecule has 25 heavy (non-hydrogen) atoms. The van der Waals surface area contributed by atoms with Gasteiger partial charge in [0.2, 0.25) is 11.8 Å². The Morgan fingerprint density at radius 3 is 2.48 bits per heavy atom. The zero-order valence-electron chi connectivity index (χ0n) is 15.0. The molecule has 2 rings (SSSR count). The Morgan fingerprint density at radius 1 is 1.08 bits per heavy atom. The number of carbonyl (C=O) groups excluding carboxylic acids is 2. The molecule has 130 valence electrons. The number of hydrogen-bond donors (Lipinski definition) is 1. The Bertz CT molecular complexity index is 767. The molecule has 0 spiro atoms. The van der Waals surface area contributed by atoms with Gasteiger partial charge in [0.1, 0.15) is 0 Å². The van der Waals surface area contributed by atoms with E-state index in [0.717, 1.165) is 16.7 Å². The maximum Gasteiger partial charge on any atom is 0.244 e. The molecule has 0 aliphatic rings. The zero-order chi connectivity index (χ0) is 18.2. The Morgan fingerprint density at radius 2 is 1.80 bits per heavy atom. The molecular weight excluding hydrogens is 312 g/mol. The minimum absolute atomic E-state index is 0.0145. The van der Waals surface area contributed by atoms with E-state index in [1.54, 1.807) is 18.0 Å². The molecule has 2 aromatic rings. The summed E-state index contributed by atoms with van der Waals surface area (Å²) >= 11 is 0. The van der Waals surface area contributed by atoms with Crippen LogP contribution in [0.15, 0.2) is 54.6 Å². The lowest BCUT2D eigenvalue weighted by Crippen LogP contribution is -2.37. The van der Waals surface area contributed by atoms with Crippen LogP contribution in [0, 0.1) is 13.8 Å². The number of carbonyl (C=O) groups is 2. The molecule has 4 nitrogen and oxygen atoms in total. The number of likely N-dealkylation sites (N-methyl/N-ethyl adjacent to an activating group) is 1. The molecule has 0 saturated heterocycles. The molecule has 0 saturated carbocycles. The third-order valence-corrected chi connectivity index (χ3v) is 3.97. The number of amides is 2. The summed E-state index contributed by atoms with van der Waals surface area (Å²) in [6, 6.07) is 15.7. The van der Waals surface area contributed by atoms with Crippen molar-refractivity contribution in [2.45, 2.75) is 20.4 Å². The third-order valence-electron chi connectivity index (χ3n) is 3.97. The first-order valence-corrected chi connectivity index (χ1v) is 8.27. The highest BCUT2D eigenvalue weighted by molar-refractivity contribution is 5.94. The van der Waals surface area contributed by atoms with Crippen molar-refractivity contribution in [2.24, 2.45) is 0 Å². The molecule has 0 heterocycles. The molecule has 0 bridgehead atoms. The number of aryl methyl sites for hydroxylation is 2. The summed E-state index contributed by atoms with van der Waals surface area (Å²) in [6.07, 6.45) is 3.16. The second kappa shape index (κ2) is 8.83. The maximum atomic E-state index is 12.2. The van der Waals surface area contributed by atoms with Gasteiger partial charge in [0.25, 0.3) is 0 Å². The van der Waals surface area contributed by atoms with Crippen LogP contribution in [0.25, 0.3) is 6.08 Å². The van der Waals surface area contributed by atoms with Gasteiger partial charge in [-0.3, -0.25) is 9.59 Å². The van der Waals surface area contributed by atoms with Gasteiger partial charge in [-0.25, -0.2) is 0 Å². The fourth-order valence-electron chi connectivity index (χ4n) is 2.46. The first-order chi connectivity index (χ1) is 12.0. The van der Waals surface area contributed by atoms with Gasteiger partial charge in [0.15, 0.2) is 0 Å². The van der Waals surface area contributed by atoms with E-state index < -0.39 is 0 Å². The summed E-state index contributed by atoms with van der Waals surface area (Å²) in [5.41, 5.74) is 4.41. The van der Waals surface area contributed by atoms with E-state index in [-0.39, 0.29) is 18.4 Å². The topological polar surface area (TPSA) is 49.4 Å². The average Bonchev–Trinajstić information content (AvgIpc) is 2.61. The van der Waals surface area contributed by atoms with E-state index in [1.807, 2.05) is 56.3 Å². The van der Waals surface area contributed by atoms with Gasteiger partial charge in [0, 0.05) is 19.7 Å². The predicted molar refractivity (Wildman–Crippen MR) is 101 cm³/mol. The summed E-state index contributed by atoms with van der Waals surface area (Å²) in [5, 5.41) is 2.63. The van der Waals surface area contributed by atoms with Gasteiger partial charge >= 0.3 is 0 Å². The van der Waals surface area contributed by atoms with Crippen LogP contribution in [0.4, 0.5) is 0 Å². The van der Waals surface area contributed by atoms with Crippen molar-refractivity contribution in [3.05, 3.63) is 76.9 Å². The Hall–Kier alpha value is -2.88. The van der Waals surface area contributed by atoms with Crippen LogP contribution in [-0.4, -0.2) is 30.3 Å². The molecule has 0 atom stereocenters. The van der Waals surface area contributed by atoms with Crippen LogP contribution in [0.3, 0.4) is 0 Å². The van der Waals surface area contributed by atoms with Gasteiger partial charge in [-0.1, -0.05) is 54.1 Å². The number of nitrogens with zero attached hydrogens (tertiary/aromatic N) is 1. The number of hydrogen-bond acceptors (Lipinski definition) is 2. The lowest BCUT2D eigenvalue weighted by Gasteiger charge is -2.19. The van der Waals surface area contributed by atoms with E-state index in [9.17, 15) is 9.59 Å². The summed E-state index contributed by atoms with van der Waals surface area (Å²) < 4.78 is 0. The van der Waals surface area contributed by atoms with Crippen molar-refractivity contribution < 1.29 is 9.59 Å². The SMILES string of the molecule is Cc1ccc(CN(C)C(=O)CNC(=O)/C=C/c2ccccc2)c(C)c1. The Kier molecular flexibility index (Phi) is 6.52. The van der Waals surface area contributed by atoms with E-state index >= 15 is 0 Å². The summed E-state index contributed by atoms with van der Waals surface area (Å²) in [7, 11) is 1.74. The monoisotopic (exact) mass is 336 g/mol. The van der Waals surface area contributed by atoms with E-state index in [1.165, 1.54) is 11.6 Å². The Labute approximate surface area is 149 Å². The minimum Gasteiger partial charge on any atom is -0.343 e. The quantitative estimate of drug-likeness (QED) is 0.824. The largest absolute Gasteiger partial charge is 0.343 e. The second-order valence-corrected chi connectivity index (χ2v) is 6.14. The molecule has 0 aliphatic carbocycles. The minimum atomic E-state index is -0.280. The summed E-state index contributed by atoms with van der Waals surface area (Å²) in [4.78, 5) is 25.6. The van der Waals surface area contributed by atoms with Crippen LogP contribution >= 0.6 is 0 Å². The summed E-state index contributed by atoms with van der Waals surface area (Å²) in [5.74, 6) is -0.404. The van der Waals surface area contributed by atoms with Crippen molar-refractivity contribution in [1.29, 1.82) is 0 Å². The molecule has 0 aromatic heterocycles. The van der Waals surface area contributed by atoms with Crippen molar-refractivity contribution in [3.8, 4) is 0 Å². The molecule has 0 radical (unpaired) electrons. The van der Waals surface area contributed by atoms with Gasteiger partial charge in [0.05, 0.1) is 6.54 Å². The highest BCUT2D eigenvalue weighted by Crippen LogP contribution is 2.12. The standard InChI is InChI=1S/C21H24N2O2/c1-16-9-11-19(17(2)13-16)15-23(3)21(25)14-22-20(24)12-10-18-7-5-4-6-8-18/h4-13H,14-15H2,1-3H3,(H,22,24)/b12-10+. The Balaban J connectivity index is 1.82. The summed E-state index contributed by atoms with van der Waals surface area (Å²) in [6.45, 7) is 4.60. The van der Waals surface area contributed by atoms with Crippen molar-refractivity contribution in [1.82, 2.24) is 10.2 Å². The second-order valence-electron chi connectivity index (χ2n) is 6.14. The van der Waals surface area contributed by atoms with Gasteiger partial charge in [-0.15, -0.1) is 0 Å². The molecule has 2 aromatic carbocycles. The van der Waals surface area contributed by atoms with E-state index in [2.05, 4.69) is 11.4 Å². The normalized spacial score (nSPS) is 10.7. The van der Waals surface area contributed by atoms with Crippen molar-refractivity contribution >= 4 is 17.9 Å². The number of nitrogens with one attached hydrogen (secondary N) is 1. The van der Waals surface area contributed by atoms with Crippen LogP contribution in [0.1, 0.15) is 22.3 Å². The van der Waals surface area contributed by atoms with Gasteiger partial charge < -0.3 is 10.2 Å². The molecule has 0 aliphatic heterocycles.